The van der Waals surface area contributed by atoms with Crippen LogP contribution >= 0.6 is 0 Å². The molecule has 1 aromatic carbocycles. The van der Waals surface area contributed by atoms with Crippen molar-refractivity contribution in [2.24, 2.45) is 0 Å². The molecule has 0 saturated carbocycles. The molecule has 2 rings (SSSR count). The molecule has 2 nitrogen and oxygen atoms in total. The lowest BCUT2D eigenvalue weighted by Crippen LogP contribution is -2.47. The Morgan fingerprint density at radius 1 is 1.27 bits per heavy atom. The molecule has 1 atom stereocenters. The molecular weight excluding hydrogens is 186 g/mol. The number of benzene rings is 1. The summed E-state index contributed by atoms with van der Waals surface area (Å²) in [6.07, 6.45) is 0. The largest absolute Gasteiger partial charge is 0.478 e. The number of rotatable bonds is 0. The molecule has 1 aromatic rings. The molecule has 0 fully saturated rings. The Morgan fingerprint density at radius 3 is 2.60 bits per heavy atom. The summed E-state index contributed by atoms with van der Waals surface area (Å²) in [6, 6.07) is 8.72. The van der Waals surface area contributed by atoms with E-state index in [9.17, 15) is 0 Å². The first-order chi connectivity index (χ1) is 7.00. The van der Waals surface area contributed by atoms with Crippen molar-refractivity contribution >= 4 is 0 Å². The Morgan fingerprint density at radius 2 is 1.93 bits per heavy atom. The van der Waals surface area contributed by atoms with E-state index in [2.05, 4.69) is 44.7 Å². The Labute approximate surface area is 91.9 Å². The highest BCUT2D eigenvalue weighted by Gasteiger charge is 2.32. The fourth-order valence-corrected chi connectivity index (χ4v) is 2.15. The molecule has 2 heteroatoms. The van der Waals surface area contributed by atoms with Crippen molar-refractivity contribution in [3.8, 4) is 5.75 Å². The summed E-state index contributed by atoms with van der Waals surface area (Å²) in [5.41, 5.74) is 1.44. The first kappa shape index (κ1) is 10.5. The van der Waals surface area contributed by atoms with E-state index in [1.165, 1.54) is 5.56 Å². The van der Waals surface area contributed by atoms with Crippen LogP contribution in [0, 0.1) is 0 Å². The molecule has 0 bridgehead atoms. The molecule has 0 aliphatic carbocycles. The Hall–Kier alpha value is -1.02. The van der Waals surface area contributed by atoms with E-state index in [-0.39, 0.29) is 5.54 Å². The smallest absolute Gasteiger partial charge is 0.143 e. The lowest BCUT2D eigenvalue weighted by Gasteiger charge is -2.43. The van der Waals surface area contributed by atoms with Gasteiger partial charge in [-0.05, 0) is 33.8 Å². The monoisotopic (exact) mass is 205 g/mol. The molecule has 0 saturated heterocycles. The SMILES string of the molecule is CC1c2ccccc2OCN1C(C)(C)C. The van der Waals surface area contributed by atoms with Gasteiger partial charge in [0.25, 0.3) is 0 Å². The molecule has 1 aliphatic heterocycles. The van der Waals surface area contributed by atoms with Crippen LogP contribution in [-0.4, -0.2) is 17.2 Å². The van der Waals surface area contributed by atoms with Crippen molar-refractivity contribution < 1.29 is 4.74 Å². The molecule has 0 radical (unpaired) electrons. The van der Waals surface area contributed by atoms with E-state index in [1.807, 2.05) is 12.1 Å². The van der Waals surface area contributed by atoms with Crippen LogP contribution in [-0.2, 0) is 0 Å². The average molecular weight is 205 g/mol. The van der Waals surface area contributed by atoms with Crippen LogP contribution in [0.3, 0.4) is 0 Å². The van der Waals surface area contributed by atoms with Crippen LogP contribution in [0.2, 0.25) is 0 Å². The van der Waals surface area contributed by atoms with E-state index >= 15 is 0 Å². The van der Waals surface area contributed by atoms with Gasteiger partial charge in [0, 0.05) is 17.1 Å². The third kappa shape index (κ3) is 1.86. The number of hydrogen-bond donors (Lipinski definition) is 0. The van der Waals surface area contributed by atoms with Crippen LogP contribution in [0.4, 0.5) is 0 Å². The summed E-state index contributed by atoms with van der Waals surface area (Å²) in [7, 11) is 0. The minimum atomic E-state index is 0.146. The van der Waals surface area contributed by atoms with Crippen LogP contribution in [0.1, 0.15) is 39.3 Å². The maximum absolute atomic E-state index is 5.76. The number of fused-ring (bicyclic) bond motifs is 1. The fourth-order valence-electron chi connectivity index (χ4n) is 2.15. The third-order valence-corrected chi connectivity index (χ3v) is 3.06. The van der Waals surface area contributed by atoms with Gasteiger partial charge in [-0.25, -0.2) is 0 Å². The van der Waals surface area contributed by atoms with Crippen LogP contribution < -0.4 is 4.74 Å². The molecule has 0 amide bonds. The molecule has 1 aliphatic rings. The van der Waals surface area contributed by atoms with Gasteiger partial charge in [-0.2, -0.15) is 0 Å². The second-order valence-corrected chi connectivity index (χ2v) is 5.13. The summed E-state index contributed by atoms with van der Waals surface area (Å²) in [5.74, 6) is 1.03. The van der Waals surface area contributed by atoms with E-state index in [0.29, 0.717) is 12.8 Å². The highest BCUT2D eigenvalue weighted by molar-refractivity contribution is 5.37. The van der Waals surface area contributed by atoms with Crippen molar-refractivity contribution in [2.75, 3.05) is 6.73 Å². The predicted octanol–water partition coefficient (Wildman–Crippen LogP) is 3.20. The second-order valence-electron chi connectivity index (χ2n) is 5.13. The normalized spacial score (nSPS) is 22.0. The number of para-hydroxylation sites is 1. The maximum atomic E-state index is 5.76. The van der Waals surface area contributed by atoms with Crippen molar-refractivity contribution in [1.82, 2.24) is 4.90 Å². The van der Waals surface area contributed by atoms with Crippen molar-refractivity contribution in [2.45, 2.75) is 39.3 Å². The lowest BCUT2D eigenvalue weighted by atomic mass is 9.98. The maximum Gasteiger partial charge on any atom is 0.143 e. The predicted molar refractivity (Wildman–Crippen MR) is 61.9 cm³/mol. The molecule has 0 N–H and O–H groups in total. The van der Waals surface area contributed by atoms with E-state index < -0.39 is 0 Å². The first-order valence-corrected chi connectivity index (χ1v) is 5.48. The van der Waals surface area contributed by atoms with Gasteiger partial charge in [0.1, 0.15) is 12.5 Å². The van der Waals surface area contributed by atoms with Crippen LogP contribution in [0.15, 0.2) is 24.3 Å². The summed E-state index contributed by atoms with van der Waals surface area (Å²) in [4.78, 5) is 2.37. The number of nitrogens with zero attached hydrogens (tertiary/aromatic N) is 1. The summed E-state index contributed by atoms with van der Waals surface area (Å²) < 4.78 is 5.76. The van der Waals surface area contributed by atoms with Gasteiger partial charge in [0.15, 0.2) is 0 Å². The summed E-state index contributed by atoms with van der Waals surface area (Å²) >= 11 is 0. The Kier molecular flexibility index (Phi) is 2.47. The zero-order valence-electron chi connectivity index (χ0n) is 9.95. The van der Waals surface area contributed by atoms with Crippen molar-refractivity contribution in [3.63, 3.8) is 0 Å². The third-order valence-electron chi connectivity index (χ3n) is 3.06. The van der Waals surface area contributed by atoms with E-state index in [1.54, 1.807) is 0 Å². The van der Waals surface area contributed by atoms with Gasteiger partial charge in [0.05, 0.1) is 0 Å². The lowest BCUT2D eigenvalue weighted by molar-refractivity contribution is -0.00568. The van der Waals surface area contributed by atoms with Crippen molar-refractivity contribution in [1.29, 1.82) is 0 Å². The van der Waals surface area contributed by atoms with Gasteiger partial charge in [-0.1, -0.05) is 18.2 Å². The first-order valence-electron chi connectivity index (χ1n) is 5.48. The number of ether oxygens (including phenoxy) is 1. The van der Waals surface area contributed by atoms with Crippen LogP contribution in [0.5, 0.6) is 5.75 Å². The molecule has 15 heavy (non-hydrogen) atoms. The molecule has 82 valence electrons. The summed E-state index contributed by atoms with van der Waals surface area (Å²) in [6.45, 7) is 9.59. The van der Waals surface area contributed by atoms with Crippen molar-refractivity contribution in [3.05, 3.63) is 29.8 Å². The molecule has 1 heterocycles. The zero-order valence-corrected chi connectivity index (χ0v) is 9.95. The summed E-state index contributed by atoms with van der Waals surface area (Å²) in [5, 5.41) is 0. The van der Waals surface area contributed by atoms with Gasteiger partial charge in [-0.3, -0.25) is 4.90 Å². The Bertz CT molecular complexity index is 354. The van der Waals surface area contributed by atoms with Gasteiger partial charge >= 0.3 is 0 Å². The molecule has 1 unspecified atom stereocenters. The molecule has 0 spiro atoms. The second kappa shape index (κ2) is 3.53. The van der Waals surface area contributed by atoms with Gasteiger partial charge < -0.3 is 4.74 Å². The average Bonchev–Trinajstić information content (AvgIpc) is 2.16. The Balaban J connectivity index is 2.34. The molecule has 0 aromatic heterocycles. The highest BCUT2D eigenvalue weighted by atomic mass is 16.5. The highest BCUT2D eigenvalue weighted by Crippen LogP contribution is 2.36. The minimum Gasteiger partial charge on any atom is -0.478 e. The quantitative estimate of drug-likeness (QED) is 0.645. The van der Waals surface area contributed by atoms with E-state index in [0.717, 1.165) is 5.75 Å². The van der Waals surface area contributed by atoms with Gasteiger partial charge in [-0.15, -0.1) is 0 Å². The van der Waals surface area contributed by atoms with Gasteiger partial charge in [0.2, 0.25) is 0 Å². The minimum absolute atomic E-state index is 0.146. The standard InChI is InChI=1S/C13H19NO/c1-10-11-7-5-6-8-12(11)15-9-14(10)13(2,3)4/h5-8,10H,9H2,1-4H3. The molecular formula is C13H19NO. The topological polar surface area (TPSA) is 12.5 Å². The fraction of sp³-hybridized carbons (Fsp3) is 0.538. The van der Waals surface area contributed by atoms with E-state index in [4.69, 9.17) is 4.74 Å². The van der Waals surface area contributed by atoms with Crippen LogP contribution in [0.25, 0.3) is 0 Å². The number of hydrogen-bond acceptors (Lipinski definition) is 2. The zero-order chi connectivity index (χ0) is 11.1.